The van der Waals surface area contributed by atoms with Crippen molar-refractivity contribution < 1.29 is 39.4 Å². The molecule has 1 saturated heterocycles. The zero-order valence-electron chi connectivity index (χ0n) is 17.7. The molecule has 2 heterocycles. The Kier molecular flexibility index (Phi) is 7.05. The van der Waals surface area contributed by atoms with Crippen LogP contribution in [-0.4, -0.2) is 43.7 Å². The number of likely N-dealkylation sites (tertiary alicyclic amines) is 1. The maximum atomic E-state index is 12.5. The van der Waals surface area contributed by atoms with E-state index >= 15 is 0 Å². The maximum Gasteiger partial charge on any atom is 1.00 e. The van der Waals surface area contributed by atoms with Crippen LogP contribution >= 0.6 is 0 Å². The SMILES string of the molecule is CN1CCC[C@@H]1Cc1c[nH]c2ccc(CCS(=O)(=O)c3ccccc3)cc12.[H-].[Na+]. The van der Waals surface area contributed by atoms with Gasteiger partial charge < -0.3 is 11.3 Å². The van der Waals surface area contributed by atoms with Gasteiger partial charge in [-0.15, -0.1) is 0 Å². The van der Waals surface area contributed by atoms with E-state index < -0.39 is 9.84 Å². The average molecular weight is 407 g/mol. The van der Waals surface area contributed by atoms with Crippen LogP contribution in [0, 0.1) is 0 Å². The first kappa shape index (κ1) is 21.6. The minimum absolute atomic E-state index is 0. The molecule has 1 atom stereocenters. The molecule has 1 fully saturated rings. The zero-order chi connectivity index (χ0) is 18.9. The summed E-state index contributed by atoms with van der Waals surface area (Å²) >= 11 is 0. The topological polar surface area (TPSA) is 53.2 Å². The van der Waals surface area contributed by atoms with E-state index in [9.17, 15) is 8.42 Å². The number of nitrogens with zero attached hydrogens (tertiary/aromatic N) is 1. The summed E-state index contributed by atoms with van der Waals surface area (Å²) < 4.78 is 25.1. The number of aryl methyl sites for hydroxylation is 1. The molecule has 0 amide bonds. The molecule has 0 aliphatic carbocycles. The van der Waals surface area contributed by atoms with Gasteiger partial charge in [0.05, 0.1) is 10.6 Å². The first-order valence-corrected chi connectivity index (χ1v) is 11.2. The Morgan fingerprint density at radius 3 is 2.68 bits per heavy atom. The summed E-state index contributed by atoms with van der Waals surface area (Å²) in [6, 6.07) is 15.6. The van der Waals surface area contributed by atoms with Crippen LogP contribution in [0.4, 0.5) is 0 Å². The minimum atomic E-state index is -3.25. The molecule has 28 heavy (non-hydrogen) atoms. The number of aromatic amines is 1. The fourth-order valence-corrected chi connectivity index (χ4v) is 5.35. The third kappa shape index (κ3) is 4.71. The van der Waals surface area contributed by atoms with Gasteiger partial charge in [0.25, 0.3) is 0 Å². The number of fused-ring (bicyclic) bond motifs is 1. The van der Waals surface area contributed by atoms with Gasteiger partial charge in [0.2, 0.25) is 0 Å². The normalized spacial score (nSPS) is 17.7. The molecule has 0 radical (unpaired) electrons. The largest absolute Gasteiger partial charge is 1.00 e. The number of H-pyrrole nitrogens is 1. The Labute approximate surface area is 191 Å². The van der Waals surface area contributed by atoms with Gasteiger partial charge in [0.1, 0.15) is 0 Å². The summed E-state index contributed by atoms with van der Waals surface area (Å²) in [6.45, 7) is 1.18. The van der Waals surface area contributed by atoms with E-state index in [1.165, 1.54) is 30.3 Å². The molecule has 0 bridgehead atoms. The molecule has 6 heteroatoms. The number of nitrogens with one attached hydrogen (secondary N) is 1. The van der Waals surface area contributed by atoms with Crippen LogP contribution in [0.25, 0.3) is 10.9 Å². The number of benzene rings is 2. The van der Waals surface area contributed by atoms with Gasteiger partial charge in [-0.3, -0.25) is 0 Å². The summed E-state index contributed by atoms with van der Waals surface area (Å²) in [4.78, 5) is 6.21. The van der Waals surface area contributed by atoms with Crippen molar-refractivity contribution >= 4 is 20.7 Å². The Morgan fingerprint density at radius 1 is 1.18 bits per heavy atom. The Morgan fingerprint density at radius 2 is 1.96 bits per heavy atom. The number of rotatable bonds is 6. The monoisotopic (exact) mass is 406 g/mol. The van der Waals surface area contributed by atoms with E-state index in [4.69, 9.17) is 0 Å². The van der Waals surface area contributed by atoms with Crippen LogP contribution < -0.4 is 29.6 Å². The summed E-state index contributed by atoms with van der Waals surface area (Å²) in [5.74, 6) is 0.133. The predicted molar refractivity (Wildman–Crippen MR) is 111 cm³/mol. The standard InChI is InChI=1S/C22H26N2O2S.Na.H/c1-24-12-5-6-19(24)15-18-16-23-22-10-9-17(14-21(18)22)11-13-27(25,26)20-7-3-2-4-8-20;;/h2-4,7-10,14,16,19,23H,5-6,11-13,15H2,1H3;;/q;+1;-1/t19-;;/m1../s1. The molecule has 4 rings (SSSR count). The molecule has 144 valence electrons. The first-order chi connectivity index (χ1) is 13.0. The number of aromatic nitrogens is 1. The Hall–Kier alpha value is -1.11. The number of likely N-dealkylation sites (N-methyl/N-ethyl adjacent to an activating group) is 1. The molecule has 1 N–H and O–H groups in total. The summed E-state index contributed by atoms with van der Waals surface area (Å²) in [5.41, 5.74) is 3.53. The fraction of sp³-hybridized carbons (Fsp3) is 0.364. The quantitative estimate of drug-likeness (QED) is 0.620. The molecule has 3 aromatic rings. The van der Waals surface area contributed by atoms with E-state index in [0.29, 0.717) is 17.4 Å². The van der Waals surface area contributed by atoms with Crippen molar-refractivity contribution in [2.45, 2.75) is 36.6 Å². The summed E-state index contributed by atoms with van der Waals surface area (Å²) in [7, 11) is -1.05. The number of sulfone groups is 1. The van der Waals surface area contributed by atoms with Crippen LogP contribution in [0.1, 0.15) is 25.4 Å². The smallest absolute Gasteiger partial charge is 1.00 e. The van der Waals surface area contributed by atoms with Crippen LogP contribution in [0.5, 0.6) is 0 Å². The third-order valence-electron chi connectivity index (χ3n) is 5.72. The van der Waals surface area contributed by atoms with E-state index in [0.717, 1.165) is 17.5 Å². The van der Waals surface area contributed by atoms with Gasteiger partial charge in [-0.1, -0.05) is 24.3 Å². The molecule has 0 unspecified atom stereocenters. The Balaban J connectivity index is 0.00000150. The zero-order valence-corrected chi connectivity index (χ0v) is 19.5. The molecule has 0 saturated carbocycles. The van der Waals surface area contributed by atoms with E-state index in [1.54, 1.807) is 24.3 Å². The predicted octanol–water partition coefficient (Wildman–Crippen LogP) is 0.938. The van der Waals surface area contributed by atoms with Crippen molar-refractivity contribution in [3.05, 3.63) is 65.9 Å². The van der Waals surface area contributed by atoms with Crippen molar-refractivity contribution in [2.24, 2.45) is 0 Å². The van der Waals surface area contributed by atoms with Gasteiger partial charge >= 0.3 is 29.6 Å². The first-order valence-electron chi connectivity index (χ1n) is 9.60. The van der Waals surface area contributed by atoms with E-state index in [2.05, 4.69) is 35.3 Å². The van der Waals surface area contributed by atoms with Crippen LogP contribution in [-0.2, 0) is 22.7 Å². The van der Waals surface area contributed by atoms with Gasteiger partial charge in [-0.05, 0) is 74.7 Å². The van der Waals surface area contributed by atoms with Crippen molar-refractivity contribution in [2.75, 3.05) is 19.3 Å². The fourth-order valence-electron chi connectivity index (χ4n) is 4.04. The van der Waals surface area contributed by atoms with Crippen LogP contribution in [0.15, 0.2) is 59.6 Å². The molecule has 0 spiro atoms. The van der Waals surface area contributed by atoms with E-state index in [1.807, 2.05) is 12.1 Å². The van der Waals surface area contributed by atoms with Crippen LogP contribution in [0.3, 0.4) is 0 Å². The van der Waals surface area contributed by atoms with E-state index in [-0.39, 0.29) is 36.7 Å². The number of hydrogen-bond donors (Lipinski definition) is 1. The van der Waals surface area contributed by atoms with Crippen LogP contribution in [0.2, 0.25) is 0 Å². The van der Waals surface area contributed by atoms with Gasteiger partial charge in [0, 0.05) is 23.1 Å². The molecule has 4 nitrogen and oxygen atoms in total. The third-order valence-corrected chi connectivity index (χ3v) is 7.45. The molecular formula is C22H27N2NaO2S. The van der Waals surface area contributed by atoms with Crippen molar-refractivity contribution in [1.29, 1.82) is 0 Å². The second kappa shape index (κ2) is 9.14. The van der Waals surface area contributed by atoms with Crippen molar-refractivity contribution in [3.63, 3.8) is 0 Å². The number of hydrogen-bond acceptors (Lipinski definition) is 3. The molecule has 1 aromatic heterocycles. The Bertz CT molecular complexity index is 1040. The molecular weight excluding hydrogens is 379 g/mol. The van der Waals surface area contributed by atoms with Crippen molar-refractivity contribution in [1.82, 2.24) is 9.88 Å². The van der Waals surface area contributed by atoms with Gasteiger partial charge in [0.15, 0.2) is 9.84 Å². The summed E-state index contributed by atoms with van der Waals surface area (Å²) in [6.07, 6.45) is 6.20. The van der Waals surface area contributed by atoms with Gasteiger partial charge in [-0.2, -0.15) is 0 Å². The second-order valence-electron chi connectivity index (χ2n) is 7.56. The molecule has 1 aliphatic heterocycles. The minimum Gasteiger partial charge on any atom is -1.00 e. The maximum absolute atomic E-state index is 12.5. The second-order valence-corrected chi connectivity index (χ2v) is 9.67. The summed E-state index contributed by atoms with van der Waals surface area (Å²) in [5, 5.41) is 1.23. The van der Waals surface area contributed by atoms with Crippen molar-refractivity contribution in [3.8, 4) is 0 Å². The molecule has 2 aromatic carbocycles. The molecule has 1 aliphatic rings. The average Bonchev–Trinajstić information content (AvgIpc) is 3.27. The van der Waals surface area contributed by atoms with Gasteiger partial charge in [-0.25, -0.2) is 8.42 Å².